The topological polar surface area (TPSA) is 332 Å². The lowest BCUT2D eigenvalue weighted by molar-refractivity contribution is -0.139. The number of ether oxygens (including phenoxy) is 7. The minimum Gasteiger partial charge on any atom is -0.493 e. The fraction of sp³-hybridized carbons (Fsp3) is 0.239. The van der Waals surface area contributed by atoms with Gasteiger partial charge in [0.2, 0.25) is 0 Å². The van der Waals surface area contributed by atoms with Crippen LogP contribution in [-0.2, 0) is 42.4 Å². The molecule has 0 spiro atoms. The van der Waals surface area contributed by atoms with E-state index in [2.05, 4.69) is 40.1 Å². The number of nitrogens with two attached hydrogens (primary N) is 2. The van der Waals surface area contributed by atoms with Crippen LogP contribution < -0.4 is 40.2 Å². The summed E-state index contributed by atoms with van der Waals surface area (Å²) in [5.41, 5.74) is 12.3. The van der Waals surface area contributed by atoms with Gasteiger partial charge >= 0.3 is 32.9 Å². The highest BCUT2D eigenvalue weighted by Gasteiger charge is 2.39. The van der Waals surface area contributed by atoms with Gasteiger partial charge in [-0.25, -0.2) is 63.2 Å². The van der Waals surface area contributed by atoms with E-state index in [-0.39, 0.29) is 62.5 Å². The summed E-state index contributed by atoms with van der Waals surface area (Å²) in [5, 5.41) is 5.16. The summed E-state index contributed by atoms with van der Waals surface area (Å²) < 4.78 is 112. The molecule has 0 fully saturated rings. The van der Waals surface area contributed by atoms with Crippen LogP contribution in [0.2, 0.25) is 0 Å². The molecule has 0 unspecified atom stereocenters. The molecule has 0 bridgehead atoms. The number of rotatable bonds is 21. The number of imidazole rings is 2. The summed E-state index contributed by atoms with van der Waals surface area (Å²) in [6, 6.07) is 16.4. The third-order valence-electron chi connectivity index (χ3n) is 11.0. The smallest absolute Gasteiger partial charge is 0.345 e. The molecular weight excluding hydrogens is 1040 g/mol. The van der Waals surface area contributed by atoms with Gasteiger partial charge in [-0.15, -0.1) is 0 Å². The zero-order valence-corrected chi connectivity index (χ0v) is 41.7. The van der Waals surface area contributed by atoms with Crippen LogP contribution >= 0.6 is 15.0 Å². The molecule has 76 heavy (non-hydrogen) atoms. The first kappa shape index (κ1) is 52.8. The highest BCUT2D eigenvalue weighted by Crippen LogP contribution is 2.47. The summed E-state index contributed by atoms with van der Waals surface area (Å²) in [4.78, 5) is 64.5. The molecule has 2 aliphatic heterocycles. The molecule has 30 heteroatoms. The minimum atomic E-state index is -4.28. The van der Waals surface area contributed by atoms with Crippen molar-refractivity contribution in [1.29, 1.82) is 0 Å². The molecule has 0 aliphatic carbocycles. The molecule has 4 aromatic heterocycles. The molecule has 3 aromatic carbocycles. The van der Waals surface area contributed by atoms with Gasteiger partial charge in [-0.05, 0) is 56.3 Å². The van der Waals surface area contributed by atoms with Crippen LogP contribution in [-0.4, -0.2) is 101 Å². The Morgan fingerprint density at radius 1 is 0.671 bits per heavy atom. The predicted octanol–water partition coefficient (Wildman–Crippen LogP) is 5.99. The average molecular weight is 1090 g/mol. The molecule has 396 valence electrons. The number of hydrogen-bond acceptors (Lipinski definition) is 22. The van der Waals surface area contributed by atoms with E-state index in [0.29, 0.717) is 0 Å². The number of carbonyl (C=O) groups excluding carboxylic acids is 3. The first-order chi connectivity index (χ1) is 36.5. The second-order valence-electron chi connectivity index (χ2n) is 16.4. The van der Waals surface area contributed by atoms with Gasteiger partial charge < -0.3 is 53.7 Å². The zero-order valence-electron chi connectivity index (χ0n) is 39.9. The van der Waals surface area contributed by atoms with Crippen LogP contribution in [0.1, 0.15) is 36.7 Å². The van der Waals surface area contributed by atoms with Gasteiger partial charge in [0, 0.05) is 12.2 Å². The number of benzene rings is 3. The van der Waals surface area contributed by atoms with Crippen molar-refractivity contribution in [3.63, 3.8) is 0 Å². The standard InChI is InChI=1S/C46H44F2N12O14P2/c1-25(57-75(64,73-28-10-6-4-7-11-28)23-67-34-17-30(47)42(70-34)59-21-55-36-38(49)51-19-53-40(36)59)44(61)69-32-15-14-27(16-33(32)66-3)46(63)72-45(62)26(2)58-76(65,74-29-12-8-5-9-13-29)24-68-35-18-31(48)43(71-35)60-22-56-37-39(50)52-20-54-41(37)60/h4-22,25-26,34-35,42-43H,23-24H2,1-3H3,(H,57,64)(H,58,65)(H2,49,51,53)(H2,50,52,54)/t25-,26-,34-,35-,42+,43+,75-,76-/m0/s1. The molecule has 0 saturated carbocycles. The number of carbonyl (C=O) groups is 3. The first-order valence-corrected chi connectivity index (χ1v) is 26.1. The van der Waals surface area contributed by atoms with Crippen LogP contribution in [0, 0.1) is 0 Å². The minimum absolute atomic E-state index is 0.0663. The van der Waals surface area contributed by atoms with Crippen molar-refractivity contribution in [3.8, 4) is 23.0 Å². The lowest BCUT2D eigenvalue weighted by Crippen LogP contribution is -2.37. The normalized spacial score (nSPS) is 19.7. The number of anilines is 2. The number of nitrogen functional groups attached to an aromatic ring is 2. The molecule has 0 radical (unpaired) electrons. The van der Waals surface area contributed by atoms with Crippen molar-refractivity contribution < 1.29 is 74.5 Å². The van der Waals surface area contributed by atoms with Crippen molar-refractivity contribution in [2.75, 3.05) is 31.3 Å². The van der Waals surface area contributed by atoms with Crippen LogP contribution in [0.25, 0.3) is 22.3 Å². The van der Waals surface area contributed by atoms with Crippen LogP contribution in [0.4, 0.5) is 20.4 Å². The van der Waals surface area contributed by atoms with Crippen LogP contribution in [0.15, 0.2) is 128 Å². The van der Waals surface area contributed by atoms with Crippen LogP contribution in [0.3, 0.4) is 0 Å². The number of aromatic nitrogens is 8. The van der Waals surface area contributed by atoms with E-state index in [9.17, 15) is 23.5 Å². The fourth-order valence-corrected chi connectivity index (χ4v) is 10.7. The Balaban J connectivity index is 0.812. The quantitative estimate of drug-likeness (QED) is 0.0278. The number of para-hydroxylation sites is 2. The second kappa shape index (κ2) is 22.4. The largest absolute Gasteiger partial charge is 0.493 e. The van der Waals surface area contributed by atoms with Crippen molar-refractivity contribution in [2.45, 2.75) is 51.0 Å². The molecule has 2 aliphatic rings. The summed E-state index contributed by atoms with van der Waals surface area (Å²) in [6.45, 7) is 2.57. The molecular formula is C46H44F2N12O14P2. The number of nitrogens with one attached hydrogen (secondary N) is 2. The first-order valence-electron chi connectivity index (χ1n) is 22.5. The molecule has 0 saturated heterocycles. The molecule has 0 amide bonds. The van der Waals surface area contributed by atoms with E-state index in [4.69, 9.17) is 53.7 Å². The Morgan fingerprint density at radius 3 is 1.62 bits per heavy atom. The van der Waals surface area contributed by atoms with E-state index in [1.807, 2.05) is 0 Å². The molecule has 7 aromatic rings. The van der Waals surface area contributed by atoms with Gasteiger partial charge in [-0.2, -0.15) is 0 Å². The lowest BCUT2D eigenvalue weighted by Gasteiger charge is -2.25. The van der Waals surface area contributed by atoms with Crippen molar-refractivity contribution in [3.05, 3.63) is 134 Å². The Labute approximate surface area is 428 Å². The van der Waals surface area contributed by atoms with Gasteiger partial charge in [0.15, 0.2) is 83.8 Å². The Bertz CT molecular complexity index is 3470. The molecule has 9 rings (SSSR count). The number of hydrogen-bond donors (Lipinski definition) is 4. The summed E-state index contributed by atoms with van der Waals surface area (Å²) in [5.74, 6) is -4.94. The average Bonchev–Trinajstić information content (AvgIpc) is 4.21. The Morgan fingerprint density at radius 2 is 1.14 bits per heavy atom. The Hall–Kier alpha value is -8.07. The predicted molar refractivity (Wildman–Crippen MR) is 261 cm³/mol. The molecule has 8 atom stereocenters. The number of fused-ring (bicyclic) bond motifs is 2. The molecule has 6 N–H and O–H groups in total. The second-order valence-corrected chi connectivity index (χ2v) is 20.5. The zero-order chi connectivity index (χ0) is 53.7. The van der Waals surface area contributed by atoms with E-state index in [1.165, 1.54) is 85.7 Å². The highest BCUT2D eigenvalue weighted by molar-refractivity contribution is 7.57. The number of methoxy groups -OCH3 is 1. The van der Waals surface area contributed by atoms with Gasteiger partial charge in [-0.1, -0.05) is 36.4 Å². The van der Waals surface area contributed by atoms with Gasteiger partial charge in [-0.3, -0.25) is 18.3 Å². The van der Waals surface area contributed by atoms with Crippen molar-refractivity contribution >= 4 is 66.9 Å². The van der Waals surface area contributed by atoms with Crippen molar-refractivity contribution in [1.82, 2.24) is 49.2 Å². The number of halogens is 2. The van der Waals surface area contributed by atoms with Crippen molar-refractivity contribution in [2.24, 2.45) is 0 Å². The molecule has 26 nitrogen and oxygen atoms in total. The number of nitrogens with zero attached hydrogens (tertiary/aromatic N) is 8. The molecule has 6 heterocycles. The number of esters is 3. The van der Waals surface area contributed by atoms with Gasteiger partial charge in [0.05, 0.1) is 25.3 Å². The third kappa shape index (κ3) is 11.9. The Kier molecular flexibility index (Phi) is 15.6. The maximum Gasteiger partial charge on any atom is 0.345 e. The maximum atomic E-state index is 15.3. The lowest BCUT2D eigenvalue weighted by atomic mass is 10.2. The van der Waals surface area contributed by atoms with E-state index < -0.39 is 94.4 Å². The van der Waals surface area contributed by atoms with Gasteiger partial charge in [0.25, 0.3) is 0 Å². The van der Waals surface area contributed by atoms with Crippen LogP contribution in [0.5, 0.6) is 23.0 Å². The highest BCUT2D eigenvalue weighted by atomic mass is 31.2. The summed E-state index contributed by atoms with van der Waals surface area (Å²) in [6.07, 6.45) is -0.171. The summed E-state index contributed by atoms with van der Waals surface area (Å²) in [7, 11) is -7.30. The monoisotopic (exact) mass is 1090 g/mol. The van der Waals surface area contributed by atoms with E-state index >= 15 is 8.78 Å². The van der Waals surface area contributed by atoms with E-state index in [0.717, 1.165) is 24.3 Å². The SMILES string of the molecule is COc1cc(C(=O)OC(=O)[C@H](C)N[P@](=O)(CO[C@@H]2C=C(F)[C@H](n3cnc4c(N)ncnc43)O2)Oc2ccccc2)ccc1OC(=O)[C@H](C)N[P@](=O)(CO[C@@H]1C=C(F)[C@H](n2cnc3c(N)ncnc32)O1)Oc1ccccc1. The maximum absolute atomic E-state index is 15.3. The summed E-state index contributed by atoms with van der Waals surface area (Å²) >= 11 is 0. The third-order valence-corrected chi connectivity index (χ3v) is 14.5. The fourth-order valence-electron chi connectivity index (χ4n) is 7.38. The van der Waals surface area contributed by atoms with Gasteiger partial charge in [0.1, 0.15) is 47.3 Å². The van der Waals surface area contributed by atoms with E-state index in [1.54, 1.807) is 36.4 Å².